The van der Waals surface area contributed by atoms with Gasteiger partial charge in [0.05, 0.1) is 10.2 Å². The molecule has 1 atom stereocenters. The Bertz CT molecular complexity index is 474. The van der Waals surface area contributed by atoms with Crippen LogP contribution in [-0.4, -0.2) is 11.0 Å². The van der Waals surface area contributed by atoms with Crippen LogP contribution in [0.15, 0.2) is 16.6 Å². The molecule has 2 rings (SSSR count). The molecular weight excluding hydrogens is 315 g/mol. The van der Waals surface area contributed by atoms with E-state index in [0.29, 0.717) is 21.6 Å². The topological polar surface area (TPSA) is 38.0 Å². The first-order chi connectivity index (χ1) is 8.50. The Morgan fingerprint density at radius 1 is 1.56 bits per heavy atom. The summed E-state index contributed by atoms with van der Waals surface area (Å²) < 4.78 is 14.5. The first kappa shape index (κ1) is 13.7. The summed E-state index contributed by atoms with van der Waals surface area (Å²) in [6.07, 6.45) is 3.73. The molecule has 18 heavy (non-hydrogen) atoms. The second-order valence-corrected chi connectivity index (χ2v) is 6.01. The Balaban J connectivity index is 2.18. The fraction of sp³-hybridized carbons (Fsp3) is 0.462. The Morgan fingerprint density at radius 3 is 2.72 bits per heavy atom. The molecule has 1 aromatic rings. The summed E-state index contributed by atoms with van der Waals surface area (Å²) in [6.45, 7) is 2.10. The summed E-state index contributed by atoms with van der Waals surface area (Å²) in [5.41, 5.74) is 6.56. The molecule has 98 valence electrons. The van der Waals surface area contributed by atoms with Crippen molar-refractivity contribution in [3.63, 3.8) is 0 Å². The van der Waals surface area contributed by atoms with Gasteiger partial charge >= 0.3 is 0 Å². The lowest BCUT2D eigenvalue weighted by molar-refractivity contribution is 0.285. The van der Waals surface area contributed by atoms with Crippen molar-refractivity contribution in [1.82, 2.24) is 0 Å². The van der Waals surface area contributed by atoms with Gasteiger partial charge in [-0.2, -0.15) is 0 Å². The fourth-order valence-corrected chi connectivity index (χ4v) is 3.01. The van der Waals surface area contributed by atoms with Crippen molar-refractivity contribution in [2.45, 2.75) is 32.2 Å². The molecule has 5 heteroatoms. The average molecular weight is 331 g/mol. The van der Waals surface area contributed by atoms with Crippen molar-refractivity contribution in [3.05, 3.63) is 28.0 Å². The molecule has 1 aromatic carbocycles. The van der Waals surface area contributed by atoms with E-state index < -0.39 is 0 Å². The molecule has 0 aromatic heterocycles. The van der Waals surface area contributed by atoms with Crippen molar-refractivity contribution < 1.29 is 4.39 Å². The second kappa shape index (κ2) is 5.53. The van der Waals surface area contributed by atoms with Crippen LogP contribution in [0.1, 0.15) is 31.7 Å². The summed E-state index contributed by atoms with van der Waals surface area (Å²) in [4.78, 5) is 0.194. The lowest BCUT2D eigenvalue weighted by Crippen LogP contribution is -2.31. The SMILES string of the molecule is CC(Nc1ccc(C(N)=S)c(Br)c1F)C1CCC1. The monoisotopic (exact) mass is 330 g/mol. The molecular formula is C13H16BrFN2S. The molecule has 1 aliphatic carbocycles. The van der Waals surface area contributed by atoms with E-state index in [1.54, 1.807) is 12.1 Å². The van der Waals surface area contributed by atoms with Gasteiger partial charge in [-0.05, 0) is 53.7 Å². The zero-order valence-corrected chi connectivity index (χ0v) is 12.6. The normalized spacial score (nSPS) is 17.1. The fourth-order valence-electron chi connectivity index (χ4n) is 2.15. The van der Waals surface area contributed by atoms with Crippen LogP contribution in [0.25, 0.3) is 0 Å². The number of halogens is 2. The third-order valence-corrected chi connectivity index (χ3v) is 4.58. The van der Waals surface area contributed by atoms with Gasteiger partial charge in [0.25, 0.3) is 0 Å². The van der Waals surface area contributed by atoms with Crippen LogP contribution >= 0.6 is 28.1 Å². The number of hydrogen-bond acceptors (Lipinski definition) is 2. The maximum Gasteiger partial charge on any atom is 0.161 e. The van der Waals surface area contributed by atoms with Gasteiger partial charge in [0.1, 0.15) is 4.99 Å². The van der Waals surface area contributed by atoms with E-state index in [4.69, 9.17) is 18.0 Å². The predicted molar refractivity (Wildman–Crippen MR) is 80.4 cm³/mol. The van der Waals surface area contributed by atoms with E-state index in [0.717, 1.165) is 0 Å². The molecule has 2 nitrogen and oxygen atoms in total. The summed E-state index contributed by atoms with van der Waals surface area (Å²) in [5.74, 6) is 0.324. The molecule has 0 amide bonds. The van der Waals surface area contributed by atoms with E-state index in [1.165, 1.54) is 19.3 Å². The zero-order valence-electron chi connectivity index (χ0n) is 10.2. The largest absolute Gasteiger partial charge is 0.389 e. The Hall–Kier alpha value is -0.680. The van der Waals surface area contributed by atoms with Crippen LogP contribution in [0.2, 0.25) is 0 Å². The Morgan fingerprint density at radius 2 is 2.22 bits per heavy atom. The molecule has 0 heterocycles. The summed E-state index contributed by atoms with van der Waals surface area (Å²) >= 11 is 8.08. The molecule has 0 radical (unpaired) electrons. The molecule has 0 spiro atoms. The summed E-state index contributed by atoms with van der Waals surface area (Å²) in [6, 6.07) is 3.73. The van der Waals surface area contributed by atoms with Crippen molar-refractivity contribution in [1.29, 1.82) is 0 Å². The van der Waals surface area contributed by atoms with Gasteiger partial charge < -0.3 is 11.1 Å². The second-order valence-electron chi connectivity index (χ2n) is 4.78. The third-order valence-electron chi connectivity index (χ3n) is 3.59. The highest BCUT2D eigenvalue weighted by Crippen LogP contribution is 2.33. The van der Waals surface area contributed by atoms with E-state index in [1.807, 2.05) is 0 Å². The number of rotatable bonds is 4. The van der Waals surface area contributed by atoms with Gasteiger partial charge in [-0.25, -0.2) is 4.39 Å². The van der Waals surface area contributed by atoms with Crippen LogP contribution < -0.4 is 11.1 Å². The Labute approximate surface area is 120 Å². The van der Waals surface area contributed by atoms with Crippen molar-refractivity contribution in [2.75, 3.05) is 5.32 Å². The zero-order chi connectivity index (χ0) is 13.3. The molecule has 1 unspecified atom stereocenters. The van der Waals surface area contributed by atoms with Gasteiger partial charge in [0, 0.05) is 11.6 Å². The highest BCUT2D eigenvalue weighted by atomic mass is 79.9. The number of nitrogens with two attached hydrogens (primary N) is 1. The van der Waals surface area contributed by atoms with Gasteiger partial charge in [-0.3, -0.25) is 0 Å². The summed E-state index contributed by atoms with van der Waals surface area (Å²) in [7, 11) is 0. The van der Waals surface area contributed by atoms with Crippen LogP contribution in [0.3, 0.4) is 0 Å². The van der Waals surface area contributed by atoms with E-state index in [-0.39, 0.29) is 16.8 Å². The van der Waals surface area contributed by atoms with Crippen LogP contribution in [0.4, 0.5) is 10.1 Å². The minimum Gasteiger partial charge on any atom is -0.389 e. The maximum absolute atomic E-state index is 14.1. The molecule has 1 aliphatic rings. The van der Waals surface area contributed by atoms with Crippen LogP contribution in [-0.2, 0) is 0 Å². The lowest BCUT2D eigenvalue weighted by atomic mass is 9.80. The van der Waals surface area contributed by atoms with Gasteiger partial charge in [-0.1, -0.05) is 18.6 Å². The molecule has 0 bridgehead atoms. The standard InChI is InChI=1S/C13H16BrFN2S/c1-7(8-3-2-4-8)17-10-6-5-9(13(16)18)11(14)12(10)15/h5-8,17H,2-4H2,1H3,(H2,16,18). The van der Waals surface area contributed by atoms with E-state index >= 15 is 0 Å². The van der Waals surface area contributed by atoms with Crippen molar-refractivity contribution in [3.8, 4) is 0 Å². The molecule has 0 aliphatic heterocycles. The van der Waals surface area contributed by atoms with Gasteiger partial charge in [0.15, 0.2) is 5.82 Å². The quantitative estimate of drug-likeness (QED) is 0.824. The minimum absolute atomic E-state index is 0.194. The molecule has 0 saturated heterocycles. The number of hydrogen-bond donors (Lipinski definition) is 2. The van der Waals surface area contributed by atoms with Gasteiger partial charge in [-0.15, -0.1) is 0 Å². The number of thiocarbonyl (C=S) groups is 1. The number of nitrogens with one attached hydrogen (secondary N) is 1. The lowest BCUT2D eigenvalue weighted by Gasteiger charge is -2.32. The summed E-state index contributed by atoms with van der Waals surface area (Å²) in [5, 5.41) is 3.23. The number of benzene rings is 1. The van der Waals surface area contributed by atoms with Crippen molar-refractivity contribution >= 4 is 38.8 Å². The minimum atomic E-state index is -0.327. The van der Waals surface area contributed by atoms with Crippen molar-refractivity contribution in [2.24, 2.45) is 11.7 Å². The third kappa shape index (κ3) is 2.67. The number of anilines is 1. The van der Waals surface area contributed by atoms with Crippen LogP contribution in [0, 0.1) is 11.7 Å². The Kier molecular flexibility index (Phi) is 4.22. The predicted octanol–water partition coefficient (Wildman–Crippen LogP) is 3.82. The highest BCUT2D eigenvalue weighted by Gasteiger charge is 2.24. The van der Waals surface area contributed by atoms with Crippen LogP contribution in [0.5, 0.6) is 0 Å². The molecule has 1 fully saturated rings. The maximum atomic E-state index is 14.1. The average Bonchev–Trinajstić information content (AvgIpc) is 2.22. The van der Waals surface area contributed by atoms with E-state index in [2.05, 4.69) is 28.2 Å². The first-order valence-electron chi connectivity index (χ1n) is 6.05. The first-order valence-corrected chi connectivity index (χ1v) is 7.25. The highest BCUT2D eigenvalue weighted by molar-refractivity contribution is 9.10. The smallest absolute Gasteiger partial charge is 0.161 e. The van der Waals surface area contributed by atoms with Gasteiger partial charge in [0.2, 0.25) is 0 Å². The molecule has 1 saturated carbocycles. The molecule has 3 N–H and O–H groups in total. The van der Waals surface area contributed by atoms with E-state index in [9.17, 15) is 4.39 Å².